The first kappa shape index (κ1) is 21.8. The monoisotopic (exact) mass is 452 g/mol. The number of nitrogens with zero attached hydrogens (tertiary/aromatic N) is 3. The second-order valence-corrected chi connectivity index (χ2v) is 8.40. The first-order valence-electron chi connectivity index (χ1n) is 10.3. The molecule has 1 N–H and O–H groups in total. The fraction of sp³-hybridized carbons (Fsp3) is 0.304. The van der Waals surface area contributed by atoms with Gasteiger partial charge in [0.15, 0.2) is 5.11 Å². The Morgan fingerprint density at radius 2 is 2.09 bits per heavy atom. The molecule has 166 valence electrons. The van der Waals surface area contributed by atoms with E-state index >= 15 is 0 Å². The summed E-state index contributed by atoms with van der Waals surface area (Å²) in [5, 5.41) is 15.2. The van der Waals surface area contributed by atoms with Crippen LogP contribution in [0.5, 0.6) is 5.75 Å². The van der Waals surface area contributed by atoms with E-state index in [0.717, 1.165) is 18.0 Å². The fourth-order valence-corrected chi connectivity index (χ4v) is 4.27. The van der Waals surface area contributed by atoms with E-state index in [1.165, 1.54) is 19.2 Å². The smallest absolute Gasteiger partial charge is 0.273 e. The van der Waals surface area contributed by atoms with Crippen LogP contribution >= 0.6 is 12.2 Å². The SMILES string of the molecule is COc1cc([N+](=O)[O-])ccc1-c1ccc([C@@H]2[C@@H](c3ccccn3)NC(=S)N2CC(C)C)o1. The summed E-state index contributed by atoms with van der Waals surface area (Å²) >= 11 is 5.65. The van der Waals surface area contributed by atoms with E-state index in [0.29, 0.717) is 28.1 Å². The second kappa shape index (κ2) is 8.96. The number of rotatable bonds is 7. The molecular formula is C23H24N4O4S. The highest BCUT2D eigenvalue weighted by Gasteiger charge is 2.41. The molecule has 2 atom stereocenters. The lowest BCUT2D eigenvalue weighted by Crippen LogP contribution is -2.32. The zero-order valence-electron chi connectivity index (χ0n) is 18.0. The number of nitrogens with one attached hydrogen (secondary N) is 1. The van der Waals surface area contributed by atoms with E-state index in [-0.39, 0.29) is 17.8 Å². The highest BCUT2D eigenvalue weighted by atomic mass is 32.1. The van der Waals surface area contributed by atoms with Gasteiger partial charge in [-0.15, -0.1) is 0 Å². The Bertz CT molecular complexity index is 1130. The number of non-ortho nitro benzene ring substituents is 1. The van der Waals surface area contributed by atoms with Crippen LogP contribution < -0.4 is 10.1 Å². The van der Waals surface area contributed by atoms with Gasteiger partial charge in [-0.3, -0.25) is 15.1 Å². The van der Waals surface area contributed by atoms with Gasteiger partial charge in [0.25, 0.3) is 5.69 Å². The van der Waals surface area contributed by atoms with E-state index in [1.54, 1.807) is 12.3 Å². The Kier molecular flexibility index (Phi) is 6.09. The molecule has 1 aliphatic heterocycles. The number of pyridine rings is 1. The molecule has 0 radical (unpaired) electrons. The van der Waals surface area contributed by atoms with Crippen molar-refractivity contribution in [3.05, 3.63) is 76.3 Å². The van der Waals surface area contributed by atoms with Crippen molar-refractivity contribution in [1.82, 2.24) is 15.2 Å². The number of nitro groups is 1. The molecule has 0 saturated carbocycles. The molecule has 0 bridgehead atoms. The predicted octanol–water partition coefficient (Wildman–Crippen LogP) is 4.89. The van der Waals surface area contributed by atoms with Crippen LogP contribution in [0.1, 0.15) is 37.4 Å². The molecule has 8 nitrogen and oxygen atoms in total. The van der Waals surface area contributed by atoms with E-state index in [2.05, 4.69) is 29.0 Å². The van der Waals surface area contributed by atoms with Crippen LogP contribution in [0.15, 0.2) is 59.1 Å². The first-order valence-corrected chi connectivity index (χ1v) is 10.7. The third-order valence-electron chi connectivity index (χ3n) is 5.34. The van der Waals surface area contributed by atoms with E-state index in [4.69, 9.17) is 21.4 Å². The Morgan fingerprint density at radius 3 is 2.75 bits per heavy atom. The molecule has 3 heterocycles. The number of hydrogen-bond acceptors (Lipinski definition) is 6. The summed E-state index contributed by atoms with van der Waals surface area (Å²) in [6.07, 6.45) is 1.76. The van der Waals surface area contributed by atoms with E-state index in [9.17, 15) is 10.1 Å². The van der Waals surface area contributed by atoms with E-state index < -0.39 is 4.92 Å². The van der Waals surface area contributed by atoms with Crippen LogP contribution in [0.25, 0.3) is 11.3 Å². The third-order valence-corrected chi connectivity index (χ3v) is 5.69. The minimum absolute atomic E-state index is 0.0407. The normalized spacial score (nSPS) is 18.1. The molecule has 0 spiro atoms. The van der Waals surface area contributed by atoms with Crippen LogP contribution in [0.3, 0.4) is 0 Å². The number of aromatic nitrogens is 1. The van der Waals surface area contributed by atoms with Crippen LogP contribution in [-0.4, -0.2) is 33.6 Å². The number of methoxy groups -OCH3 is 1. The van der Waals surface area contributed by atoms with Gasteiger partial charge >= 0.3 is 0 Å². The van der Waals surface area contributed by atoms with Gasteiger partial charge in [-0.1, -0.05) is 19.9 Å². The molecule has 1 saturated heterocycles. The topological polar surface area (TPSA) is 93.7 Å². The highest BCUT2D eigenvalue weighted by Crippen LogP contribution is 2.42. The van der Waals surface area contributed by atoms with Crippen molar-refractivity contribution in [2.45, 2.75) is 25.9 Å². The van der Waals surface area contributed by atoms with Crippen molar-refractivity contribution in [1.29, 1.82) is 0 Å². The van der Waals surface area contributed by atoms with Crippen molar-refractivity contribution < 1.29 is 14.1 Å². The largest absolute Gasteiger partial charge is 0.496 e. The maximum absolute atomic E-state index is 11.1. The molecule has 0 amide bonds. The Balaban J connectivity index is 1.74. The number of ether oxygens (including phenoxy) is 1. The second-order valence-electron chi connectivity index (χ2n) is 8.02. The molecule has 1 aliphatic rings. The molecule has 1 aromatic carbocycles. The van der Waals surface area contributed by atoms with Crippen molar-refractivity contribution in [3.63, 3.8) is 0 Å². The van der Waals surface area contributed by atoms with Gasteiger partial charge in [0.1, 0.15) is 23.3 Å². The molecule has 0 aliphatic carbocycles. The van der Waals surface area contributed by atoms with Crippen molar-refractivity contribution in [3.8, 4) is 17.1 Å². The maximum Gasteiger partial charge on any atom is 0.273 e. The zero-order valence-corrected chi connectivity index (χ0v) is 18.8. The Labute approximate surface area is 191 Å². The molecule has 4 rings (SSSR count). The first-order chi connectivity index (χ1) is 15.4. The molecular weight excluding hydrogens is 428 g/mol. The van der Waals surface area contributed by atoms with Crippen molar-refractivity contribution in [2.24, 2.45) is 5.92 Å². The summed E-state index contributed by atoms with van der Waals surface area (Å²) < 4.78 is 11.7. The van der Waals surface area contributed by atoms with Gasteiger partial charge in [-0.2, -0.15) is 0 Å². The number of hydrogen-bond donors (Lipinski definition) is 1. The van der Waals surface area contributed by atoms with Crippen LogP contribution in [0, 0.1) is 16.0 Å². The summed E-state index contributed by atoms with van der Waals surface area (Å²) in [6, 6.07) is 13.7. The molecule has 32 heavy (non-hydrogen) atoms. The predicted molar refractivity (Wildman–Crippen MR) is 124 cm³/mol. The van der Waals surface area contributed by atoms with Gasteiger partial charge in [-0.05, 0) is 48.5 Å². The average Bonchev–Trinajstić information content (AvgIpc) is 3.38. The Hall–Kier alpha value is -3.46. The number of thiocarbonyl (C=S) groups is 1. The number of benzene rings is 1. The summed E-state index contributed by atoms with van der Waals surface area (Å²) in [4.78, 5) is 17.3. The molecule has 0 unspecified atom stereocenters. The zero-order chi connectivity index (χ0) is 22.8. The number of nitro benzene ring substituents is 1. The summed E-state index contributed by atoms with van der Waals surface area (Å²) in [5.41, 5.74) is 1.47. The van der Waals surface area contributed by atoms with Gasteiger partial charge in [-0.25, -0.2) is 0 Å². The van der Waals surface area contributed by atoms with Crippen LogP contribution in [0.2, 0.25) is 0 Å². The van der Waals surface area contributed by atoms with Crippen LogP contribution in [0.4, 0.5) is 5.69 Å². The van der Waals surface area contributed by atoms with E-state index in [1.807, 2.05) is 30.3 Å². The summed E-state index contributed by atoms with van der Waals surface area (Å²) in [5.74, 6) is 2.06. The lowest BCUT2D eigenvalue weighted by Gasteiger charge is -2.27. The molecule has 1 fully saturated rings. The fourth-order valence-electron chi connectivity index (χ4n) is 3.96. The Morgan fingerprint density at radius 1 is 1.28 bits per heavy atom. The molecule has 2 aromatic heterocycles. The van der Waals surface area contributed by atoms with Gasteiger partial charge in [0, 0.05) is 18.8 Å². The summed E-state index contributed by atoms with van der Waals surface area (Å²) in [6.45, 7) is 5.04. The molecule has 9 heteroatoms. The number of furan rings is 1. The molecule has 3 aromatic rings. The lowest BCUT2D eigenvalue weighted by molar-refractivity contribution is -0.384. The highest BCUT2D eigenvalue weighted by molar-refractivity contribution is 7.80. The minimum atomic E-state index is -0.452. The van der Waals surface area contributed by atoms with Crippen molar-refractivity contribution in [2.75, 3.05) is 13.7 Å². The quantitative estimate of drug-likeness (QED) is 0.308. The average molecular weight is 453 g/mol. The standard InChI is InChI=1S/C23H24N4O4S/c1-14(2)13-26-22(21(25-23(26)32)17-6-4-5-11-24-17)19-10-9-18(31-19)16-8-7-15(27(28)29)12-20(16)30-3/h4-12,14,21-22H,13H2,1-3H3,(H,25,32)/t21-,22-/m1/s1. The van der Waals surface area contributed by atoms with Gasteiger partial charge < -0.3 is 19.4 Å². The van der Waals surface area contributed by atoms with Gasteiger partial charge in [0.05, 0.1) is 35.4 Å². The van der Waals surface area contributed by atoms with Gasteiger partial charge in [0.2, 0.25) is 0 Å². The van der Waals surface area contributed by atoms with Crippen molar-refractivity contribution >= 4 is 23.0 Å². The van der Waals surface area contributed by atoms with Crippen LogP contribution in [-0.2, 0) is 0 Å². The minimum Gasteiger partial charge on any atom is -0.496 e. The summed E-state index contributed by atoms with van der Waals surface area (Å²) in [7, 11) is 1.48. The lowest BCUT2D eigenvalue weighted by atomic mass is 10.0. The maximum atomic E-state index is 11.1. The third kappa shape index (κ3) is 4.16.